The van der Waals surface area contributed by atoms with Crippen LogP contribution >= 0.6 is 11.8 Å². The Morgan fingerprint density at radius 2 is 2.29 bits per heavy atom. The number of nitrogen functional groups attached to an aromatic ring is 1. The quantitative estimate of drug-likeness (QED) is 0.795. The van der Waals surface area contributed by atoms with Gasteiger partial charge in [0.15, 0.2) is 0 Å². The van der Waals surface area contributed by atoms with Crippen molar-refractivity contribution in [1.29, 1.82) is 0 Å². The summed E-state index contributed by atoms with van der Waals surface area (Å²) in [6, 6.07) is 4.34. The first-order chi connectivity index (χ1) is 8.15. The third-order valence-corrected chi connectivity index (χ3v) is 4.05. The third kappa shape index (κ3) is 3.36. The van der Waals surface area contributed by atoms with Gasteiger partial charge in [0.2, 0.25) is 5.91 Å². The molecule has 0 aromatic heterocycles. The van der Waals surface area contributed by atoms with Crippen molar-refractivity contribution >= 4 is 23.4 Å². The summed E-state index contributed by atoms with van der Waals surface area (Å²) in [6.45, 7) is 0.731. The van der Waals surface area contributed by atoms with Gasteiger partial charge in [0, 0.05) is 28.8 Å². The summed E-state index contributed by atoms with van der Waals surface area (Å²) in [7, 11) is 0. The van der Waals surface area contributed by atoms with Crippen molar-refractivity contribution in [1.82, 2.24) is 5.32 Å². The van der Waals surface area contributed by atoms with E-state index in [9.17, 15) is 9.18 Å². The number of benzene rings is 1. The average molecular weight is 254 g/mol. The molecule has 92 valence electrons. The van der Waals surface area contributed by atoms with Crippen molar-refractivity contribution in [3.8, 4) is 0 Å². The number of rotatable bonds is 2. The number of carbonyl (C=O) groups is 1. The molecule has 3 nitrogen and oxygen atoms in total. The summed E-state index contributed by atoms with van der Waals surface area (Å²) in [6.07, 6.45) is 2.37. The van der Waals surface area contributed by atoms with Crippen LogP contribution in [0.15, 0.2) is 23.1 Å². The molecule has 1 unspecified atom stereocenters. The van der Waals surface area contributed by atoms with Crippen molar-refractivity contribution in [3.63, 3.8) is 0 Å². The summed E-state index contributed by atoms with van der Waals surface area (Å²) < 4.78 is 13.1. The Hall–Kier alpha value is -1.23. The summed E-state index contributed by atoms with van der Waals surface area (Å²) in [4.78, 5) is 12.1. The van der Waals surface area contributed by atoms with Crippen molar-refractivity contribution in [3.05, 3.63) is 24.0 Å². The lowest BCUT2D eigenvalue weighted by Crippen LogP contribution is -2.22. The fraction of sp³-hybridized carbons (Fsp3) is 0.417. The number of halogens is 1. The van der Waals surface area contributed by atoms with Crippen molar-refractivity contribution in [2.24, 2.45) is 0 Å². The van der Waals surface area contributed by atoms with E-state index in [4.69, 9.17) is 5.73 Å². The lowest BCUT2D eigenvalue weighted by molar-refractivity contribution is -0.120. The van der Waals surface area contributed by atoms with Gasteiger partial charge in [-0.3, -0.25) is 4.79 Å². The molecule has 1 aromatic carbocycles. The normalized spacial score (nSPS) is 20.8. The minimum absolute atomic E-state index is 0.0648. The Morgan fingerprint density at radius 3 is 3.12 bits per heavy atom. The molecule has 2 rings (SSSR count). The molecule has 1 atom stereocenters. The first-order valence-electron chi connectivity index (χ1n) is 5.63. The molecule has 1 aromatic rings. The number of thioether (sulfide) groups is 1. The van der Waals surface area contributed by atoms with Gasteiger partial charge < -0.3 is 11.1 Å². The Morgan fingerprint density at radius 1 is 1.47 bits per heavy atom. The number of amides is 1. The van der Waals surface area contributed by atoms with Gasteiger partial charge >= 0.3 is 0 Å². The van der Waals surface area contributed by atoms with E-state index in [0.717, 1.165) is 24.3 Å². The molecule has 0 aliphatic carbocycles. The summed E-state index contributed by atoms with van der Waals surface area (Å²) in [5.41, 5.74) is 6.36. The largest absolute Gasteiger partial charge is 0.398 e. The molecule has 1 saturated heterocycles. The molecule has 0 saturated carbocycles. The standard InChI is InChI=1S/C12H15FN2OS/c13-8-3-4-10(14)11(6-8)17-9-2-1-5-15-12(16)7-9/h3-4,6,9H,1-2,5,7,14H2,(H,15,16). The van der Waals surface area contributed by atoms with E-state index < -0.39 is 0 Å². The molecular formula is C12H15FN2OS. The molecule has 0 radical (unpaired) electrons. The molecule has 0 bridgehead atoms. The number of hydrogen-bond donors (Lipinski definition) is 2. The van der Waals surface area contributed by atoms with Crippen LogP contribution in [0.5, 0.6) is 0 Å². The second-order valence-corrected chi connectivity index (χ2v) is 5.46. The molecule has 17 heavy (non-hydrogen) atoms. The van der Waals surface area contributed by atoms with E-state index in [0.29, 0.717) is 12.1 Å². The number of hydrogen-bond acceptors (Lipinski definition) is 3. The molecule has 1 heterocycles. The lowest BCUT2D eigenvalue weighted by atomic mass is 10.2. The van der Waals surface area contributed by atoms with Gasteiger partial charge in [-0.2, -0.15) is 0 Å². The molecule has 0 spiro atoms. The zero-order chi connectivity index (χ0) is 12.3. The minimum Gasteiger partial charge on any atom is -0.398 e. The maximum absolute atomic E-state index is 13.1. The highest BCUT2D eigenvalue weighted by atomic mass is 32.2. The van der Waals surface area contributed by atoms with Gasteiger partial charge in [-0.25, -0.2) is 4.39 Å². The Kier molecular flexibility index (Phi) is 3.89. The maximum atomic E-state index is 13.1. The summed E-state index contributed by atoms with van der Waals surface area (Å²) >= 11 is 1.50. The van der Waals surface area contributed by atoms with Crippen LogP contribution in [0.25, 0.3) is 0 Å². The van der Waals surface area contributed by atoms with Crippen LogP contribution in [0.3, 0.4) is 0 Å². The van der Waals surface area contributed by atoms with E-state index in [1.54, 1.807) is 6.07 Å². The fourth-order valence-electron chi connectivity index (χ4n) is 1.83. The molecule has 3 N–H and O–H groups in total. The fourth-order valence-corrected chi connectivity index (χ4v) is 3.09. The Bertz CT molecular complexity index is 425. The SMILES string of the molecule is Nc1ccc(F)cc1SC1CCCNC(=O)C1. The van der Waals surface area contributed by atoms with E-state index in [-0.39, 0.29) is 17.0 Å². The van der Waals surface area contributed by atoms with Crippen LogP contribution in [0.1, 0.15) is 19.3 Å². The topological polar surface area (TPSA) is 55.1 Å². The summed E-state index contributed by atoms with van der Waals surface area (Å²) in [5.74, 6) is -0.227. The van der Waals surface area contributed by atoms with E-state index in [1.807, 2.05) is 0 Å². The van der Waals surface area contributed by atoms with Crippen molar-refractivity contribution in [2.45, 2.75) is 29.4 Å². The number of nitrogens with one attached hydrogen (secondary N) is 1. The van der Waals surface area contributed by atoms with Crippen LogP contribution in [-0.2, 0) is 4.79 Å². The van der Waals surface area contributed by atoms with Gasteiger partial charge in [-0.05, 0) is 31.0 Å². The summed E-state index contributed by atoms with van der Waals surface area (Å²) in [5, 5.41) is 3.01. The minimum atomic E-state index is -0.292. The second kappa shape index (κ2) is 5.40. The van der Waals surface area contributed by atoms with Crippen molar-refractivity contribution < 1.29 is 9.18 Å². The highest BCUT2D eigenvalue weighted by Crippen LogP contribution is 2.33. The Labute approximate surface area is 104 Å². The monoisotopic (exact) mass is 254 g/mol. The zero-order valence-electron chi connectivity index (χ0n) is 9.41. The van der Waals surface area contributed by atoms with Gasteiger partial charge in [-0.15, -0.1) is 11.8 Å². The highest BCUT2D eigenvalue weighted by molar-refractivity contribution is 8.00. The van der Waals surface area contributed by atoms with E-state index in [1.165, 1.54) is 23.9 Å². The second-order valence-electron chi connectivity index (χ2n) is 4.12. The number of nitrogens with two attached hydrogens (primary N) is 1. The van der Waals surface area contributed by atoms with Crippen LogP contribution in [0.4, 0.5) is 10.1 Å². The molecule has 1 aliphatic heterocycles. The molecule has 1 fully saturated rings. The van der Waals surface area contributed by atoms with Crippen LogP contribution in [0.2, 0.25) is 0 Å². The number of anilines is 1. The predicted molar refractivity (Wildman–Crippen MR) is 67.3 cm³/mol. The Balaban J connectivity index is 2.08. The molecular weight excluding hydrogens is 239 g/mol. The first kappa shape index (κ1) is 12.2. The zero-order valence-corrected chi connectivity index (χ0v) is 10.2. The average Bonchev–Trinajstić information content (AvgIpc) is 2.48. The highest BCUT2D eigenvalue weighted by Gasteiger charge is 2.19. The number of carbonyl (C=O) groups excluding carboxylic acids is 1. The maximum Gasteiger partial charge on any atom is 0.221 e. The van der Waals surface area contributed by atoms with Gasteiger partial charge in [0.1, 0.15) is 5.82 Å². The van der Waals surface area contributed by atoms with E-state index in [2.05, 4.69) is 5.32 Å². The van der Waals surface area contributed by atoms with E-state index >= 15 is 0 Å². The van der Waals surface area contributed by atoms with Gasteiger partial charge in [0.05, 0.1) is 0 Å². The lowest BCUT2D eigenvalue weighted by Gasteiger charge is -2.13. The molecule has 5 heteroatoms. The predicted octanol–water partition coefficient (Wildman–Crippen LogP) is 2.17. The van der Waals surface area contributed by atoms with Crippen LogP contribution in [0, 0.1) is 5.82 Å². The van der Waals surface area contributed by atoms with Gasteiger partial charge in [0.25, 0.3) is 0 Å². The van der Waals surface area contributed by atoms with Gasteiger partial charge in [-0.1, -0.05) is 0 Å². The molecule has 1 aliphatic rings. The molecule has 1 amide bonds. The third-order valence-electron chi connectivity index (χ3n) is 2.71. The van der Waals surface area contributed by atoms with Crippen LogP contribution in [-0.4, -0.2) is 17.7 Å². The van der Waals surface area contributed by atoms with Crippen molar-refractivity contribution in [2.75, 3.05) is 12.3 Å². The smallest absolute Gasteiger partial charge is 0.221 e. The van der Waals surface area contributed by atoms with Crippen LogP contribution < -0.4 is 11.1 Å². The first-order valence-corrected chi connectivity index (χ1v) is 6.51.